The van der Waals surface area contributed by atoms with Crippen LogP contribution in [-0.2, 0) is 15.8 Å². The van der Waals surface area contributed by atoms with Crippen LogP contribution >= 0.6 is 11.8 Å². The van der Waals surface area contributed by atoms with Crippen molar-refractivity contribution in [2.75, 3.05) is 19.1 Å². The maximum atomic E-state index is 13.6. The number of hydrogen-bond acceptors (Lipinski definition) is 7. The molecule has 1 aromatic heterocycles. The molecule has 3 rings (SSSR count). The molecule has 2 N–H and O–H groups in total. The number of aliphatic carboxylic acids is 1. The molecule has 0 aliphatic carbocycles. The summed E-state index contributed by atoms with van der Waals surface area (Å²) in [6.07, 6.45) is -4.83. The van der Waals surface area contributed by atoms with E-state index >= 15 is 0 Å². The number of nitrogens with zero attached hydrogens (tertiary/aromatic N) is 2. The van der Waals surface area contributed by atoms with Gasteiger partial charge in [-0.1, -0.05) is 11.8 Å². The highest BCUT2D eigenvalue weighted by Gasteiger charge is 2.36. The number of fused-ring (bicyclic) bond motifs is 1. The van der Waals surface area contributed by atoms with Crippen molar-refractivity contribution < 1.29 is 37.3 Å². The number of carbonyl (C=O) groups is 2. The Morgan fingerprint density at radius 3 is 2.67 bits per heavy atom. The normalized spacial score (nSPS) is 12.3. The van der Waals surface area contributed by atoms with Gasteiger partial charge in [-0.15, -0.1) is 0 Å². The number of amides is 1. The van der Waals surface area contributed by atoms with Gasteiger partial charge in [0.2, 0.25) is 12.7 Å². The molecule has 8 nitrogen and oxygen atoms in total. The number of alkyl halides is 3. The van der Waals surface area contributed by atoms with Gasteiger partial charge >= 0.3 is 12.1 Å². The van der Waals surface area contributed by atoms with E-state index in [-0.39, 0.29) is 17.5 Å². The van der Waals surface area contributed by atoms with Crippen LogP contribution in [0.5, 0.6) is 11.5 Å². The first kappa shape index (κ1) is 21.3. The van der Waals surface area contributed by atoms with E-state index in [1.54, 1.807) is 0 Å². The average molecular weight is 439 g/mol. The Morgan fingerprint density at radius 2 is 2.00 bits per heavy atom. The maximum absolute atomic E-state index is 13.6. The largest absolute Gasteiger partial charge is 0.480 e. The second kappa shape index (κ2) is 8.50. The molecule has 1 amide bonds. The van der Waals surface area contributed by atoms with Crippen molar-refractivity contribution in [1.82, 2.24) is 10.3 Å². The Kier molecular flexibility index (Phi) is 6.02. The van der Waals surface area contributed by atoms with Gasteiger partial charge in [0.1, 0.15) is 17.6 Å². The van der Waals surface area contributed by atoms with Crippen molar-refractivity contribution in [3.63, 3.8) is 0 Å². The number of nitriles is 1. The standard InChI is InChI=1S/C18H12F3N3O5S/c19-18(20,21)11-4-12(9-1-2-13-14(3-9)29-8-28-13)24-17(10(11)5-22)30-7-15(25)23-6-16(26)27/h1-4H,6-8H2,(H,23,25)(H,26,27). The number of hydrogen-bond donors (Lipinski definition) is 2. The highest BCUT2D eigenvalue weighted by atomic mass is 32.2. The Balaban J connectivity index is 1.98. The van der Waals surface area contributed by atoms with Crippen LogP contribution in [0.25, 0.3) is 11.3 Å². The molecule has 0 spiro atoms. The molecule has 0 saturated heterocycles. The minimum Gasteiger partial charge on any atom is -0.480 e. The fourth-order valence-corrected chi connectivity index (χ4v) is 3.35. The fourth-order valence-electron chi connectivity index (χ4n) is 2.52. The molecule has 12 heteroatoms. The van der Waals surface area contributed by atoms with Crippen LogP contribution in [0.3, 0.4) is 0 Å². The van der Waals surface area contributed by atoms with Crippen LogP contribution in [0.2, 0.25) is 0 Å². The monoisotopic (exact) mass is 439 g/mol. The van der Waals surface area contributed by atoms with Gasteiger partial charge in [0.05, 0.1) is 22.6 Å². The van der Waals surface area contributed by atoms with Crippen molar-refractivity contribution in [2.24, 2.45) is 0 Å². The molecule has 2 heterocycles. The number of thioether (sulfide) groups is 1. The number of rotatable bonds is 6. The topological polar surface area (TPSA) is 122 Å². The van der Waals surface area contributed by atoms with Crippen molar-refractivity contribution in [2.45, 2.75) is 11.2 Å². The molecule has 0 bridgehead atoms. The van der Waals surface area contributed by atoms with Crippen molar-refractivity contribution in [3.05, 3.63) is 35.4 Å². The van der Waals surface area contributed by atoms with Gasteiger partial charge in [-0.3, -0.25) is 9.59 Å². The first-order chi connectivity index (χ1) is 14.2. The van der Waals surface area contributed by atoms with Gasteiger partial charge in [0.15, 0.2) is 11.5 Å². The number of ether oxygens (including phenoxy) is 2. The molecular formula is C18H12F3N3O5S. The van der Waals surface area contributed by atoms with E-state index in [0.717, 1.165) is 6.07 Å². The van der Waals surface area contributed by atoms with E-state index in [2.05, 4.69) is 10.3 Å². The first-order valence-electron chi connectivity index (χ1n) is 8.22. The lowest BCUT2D eigenvalue weighted by molar-refractivity contribution is -0.138. The van der Waals surface area contributed by atoms with Crippen molar-refractivity contribution >= 4 is 23.6 Å². The van der Waals surface area contributed by atoms with Crippen LogP contribution in [0.15, 0.2) is 29.3 Å². The summed E-state index contributed by atoms with van der Waals surface area (Å²) in [5, 5.41) is 19.6. The van der Waals surface area contributed by atoms with E-state index in [1.165, 1.54) is 24.3 Å². The molecule has 1 aliphatic heterocycles. The van der Waals surface area contributed by atoms with E-state index < -0.39 is 41.5 Å². The lowest BCUT2D eigenvalue weighted by Crippen LogP contribution is -2.30. The molecule has 0 radical (unpaired) electrons. The molecule has 0 unspecified atom stereocenters. The van der Waals surface area contributed by atoms with Crippen molar-refractivity contribution in [1.29, 1.82) is 5.26 Å². The van der Waals surface area contributed by atoms with Gasteiger partial charge in [0.25, 0.3) is 0 Å². The summed E-state index contributed by atoms with van der Waals surface area (Å²) in [6, 6.07) is 6.73. The van der Waals surface area contributed by atoms with E-state index in [9.17, 15) is 28.0 Å². The van der Waals surface area contributed by atoms with E-state index in [0.29, 0.717) is 28.8 Å². The summed E-state index contributed by atoms with van der Waals surface area (Å²) >= 11 is 0.601. The molecular weight excluding hydrogens is 427 g/mol. The third kappa shape index (κ3) is 4.74. The lowest BCUT2D eigenvalue weighted by Gasteiger charge is -2.14. The number of pyridine rings is 1. The predicted octanol–water partition coefficient (Wildman–Crippen LogP) is 2.66. The summed E-state index contributed by atoms with van der Waals surface area (Å²) in [6.45, 7) is -0.650. The summed E-state index contributed by atoms with van der Waals surface area (Å²) < 4.78 is 51.1. The van der Waals surface area contributed by atoms with Gasteiger partial charge in [-0.2, -0.15) is 18.4 Å². The van der Waals surface area contributed by atoms with Gasteiger partial charge in [-0.25, -0.2) is 4.98 Å². The zero-order valence-electron chi connectivity index (χ0n) is 14.9. The van der Waals surface area contributed by atoms with Crippen LogP contribution in [0, 0.1) is 11.3 Å². The third-order valence-corrected chi connectivity index (χ3v) is 4.82. The first-order valence-corrected chi connectivity index (χ1v) is 9.21. The summed E-state index contributed by atoms with van der Waals surface area (Å²) in [7, 11) is 0. The number of aromatic nitrogens is 1. The minimum absolute atomic E-state index is 0.0139. The van der Waals surface area contributed by atoms with Crippen LogP contribution in [-0.4, -0.2) is 41.1 Å². The zero-order valence-corrected chi connectivity index (χ0v) is 15.8. The maximum Gasteiger partial charge on any atom is 0.417 e. The number of nitrogens with one attached hydrogen (secondary N) is 1. The fraction of sp³-hybridized carbons (Fsp3) is 0.222. The Bertz CT molecular complexity index is 1050. The number of halogens is 3. The zero-order chi connectivity index (χ0) is 21.9. The quantitative estimate of drug-likeness (QED) is 0.659. The molecule has 30 heavy (non-hydrogen) atoms. The second-order valence-electron chi connectivity index (χ2n) is 5.87. The number of carboxylic acid groups (broad SMARTS) is 1. The molecule has 0 saturated carbocycles. The predicted molar refractivity (Wildman–Crippen MR) is 96.9 cm³/mol. The van der Waals surface area contributed by atoms with Crippen LogP contribution in [0.1, 0.15) is 11.1 Å². The highest BCUT2D eigenvalue weighted by molar-refractivity contribution is 8.00. The van der Waals surface area contributed by atoms with Crippen LogP contribution < -0.4 is 14.8 Å². The Morgan fingerprint density at radius 1 is 1.27 bits per heavy atom. The molecule has 0 atom stereocenters. The van der Waals surface area contributed by atoms with Gasteiger partial charge < -0.3 is 19.9 Å². The Labute approximate surface area is 171 Å². The van der Waals surface area contributed by atoms with E-state index in [1.807, 2.05) is 0 Å². The van der Waals surface area contributed by atoms with Gasteiger partial charge in [-0.05, 0) is 24.3 Å². The summed E-state index contributed by atoms with van der Waals surface area (Å²) in [5.41, 5.74) is -1.69. The minimum atomic E-state index is -4.83. The molecule has 0 fully saturated rings. The molecule has 156 valence electrons. The second-order valence-corrected chi connectivity index (χ2v) is 6.84. The molecule has 1 aliphatic rings. The number of carboxylic acids is 1. The molecule has 2 aromatic rings. The van der Waals surface area contributed by atoms with Crippen LogP contribution in [0.4, 0.5) is 13.2 Å². The Hall–Kier alpha value is -3.46. The van der Waals surface area contributed by atoms with Crippen molar-refractivity contribution in [3.8, 4) is 28.8 Å². The third-order valence-electron chi connectivity index (χ3n) is 3.85. The number of carbonyl (C=O) groups excluding carboxylic acids is 1. The smallest absolute Gasteiger partial charge is 0.417 e. The SMILES string of the molecule is N#Cc1c(C(F)(F)F)cc(-c2ccc3c(c2)OCO3)nc1SCC(=O)NCC(=O)O. The van der Waals surface area contributed by atoms with Gasteiger partial charge in [0, 0.05) is 5.56 Å². The summed E-state index contributed by atoms with van der Waals surface area (Å²) in [4.78, 5) is 26.3. The highest BCUT2D eigenvalue weighted by Crippen LogP contribution is 2.40. The summed E-state index contributed by atoms with van der Waals surface area (Å²) in [5.74, 6) is -1.64. The average Bonchev–Trinajstić information content (AvgIpc) is 3.17. The van der Waals surface area contributed by atoms with E-state index in [4.69, 9.17) is 14.6 Å². The molecule has 1 aromatic carbocycles. The lowest BCUT2D eigenvalue weighted by atomic mass is 10.0. The number of benzene rings is 1.